The van der Waals surface area contributed by atoms with Crippen molar-refractivity contribution in [1.29, 1.82) is 0 Å². The molecule has 0 saturated carbocycles. The molecule has 0 unspecified atom stereocenters. The zero-order chi connectivity index (χ0) is 7.78. The highest BCUT2D eigenvalue weighted by atomic mass is 16.3. The number of carbonyl (C=O) groups is 1. The maximum atomic E-state index is 10.9. The Hall–Kier alpha value is -0.570. The van der Waals surface area contributed by atoms with Gasteiger partial charge in [0.25, 0.3) is 0 Å². The molecule has 58 valence electrons. The van der Waals surface area contributed by atoms with Gasteiger partial charge in [-0.2, -0.15) is 0 Å². The van der Waals surface area contributed by atoms with E-state index in [9.17, 15) is 9.90 Å². The van der Waals surface area contributed by atoms with Crippen LogP contribution < -0.4 is 0 Å². The Bertz CT molecular complexity index is 146. The third-order valence-corrected chi connectivity index (χ3v) is 1.72. The summed E-state index contributed by atoms with van der Waals surface area (Å²) in [4.78, 5) is 12.6. The largest absolute Gasteiger partial charge is 0.386 e. The van der Waals surface area contributed by atoms with Gasteiger partial charge in [0.2, 0.25) is 5.91 Å². The topological polar surface area (TPSA) is 40.5 Å². The van der Waals surface area contributed by atoms with E-state index in [-0.39, 0.29) is 5.91 Å². The Kier molecular flexibility index (Phi) is 1.68. The Morgan fingerprint density at radius 1 is 1.70 bits per heavy atom. The lowest BCUT2D eigenvalue weighted by molar-refractivity contribution is -0.151. The van der Waals surface area contributed by atoms with Crippen LogP contribution >= 0.6 is 0 Å². The molecule has 3 heteroatoms. The summed E-state index contributed by atoms with van der Waals surface area (Å²) in [5, 5.41) is 9.23. The first-order valence-corrected chi connectivity index (χ1v) is 3.55. The first-order chi connectivity index (χ1) is 4.55. The van der Waals surface area contributed by atoms with Crippen molar-refractivity contribution in [3.8, 4) is 0 Å². The normalized spacial score (nSPS) is 22.1. The van der Waals surface area contributed by atoms with Crippen LogP contribution in [-0.2, 0) is 4.79 Å². The summed E-state index contributed by atoms with van der Waals surface area (Å²) in [6.45, 7) is 4.57. The standard InChI is InChI=1S/C7H13NO2/c1-3-6(9)8-4-7(2,10)5-8/h10H,3-5H2,1-2H3. The van der Waals surface area contributed by atoms with Gasteiger partial charge in [0, 0.05) is 6.42 Å². The van der Waals surface area contributed by atoms with E-state index in [1.165, 1.54) is 0 Å². The molecule has 0 atom stereocenters. The molecule has 1 aliphatic rings. The van der Waals surface area contributed by atoms with Crippen LogP contribution in [0.25, 0.3) is 0 Å². The first kappa shape index (κ1) is 7.54. The minimum Gasteiger partial charge on any atom is -0.386 e. The minimum absolute atomic E-state index is 0.131. The van der Waals surface area contributed by atoms with Gasteiger partial charge < -0.3 is 10.0 Å². The second-order valence-electron chi connectivity index (χ2n) is 3.10. The van der Waals surface area contributed by atoms with Crippen molar-refractivity contribution in [3.63, 3.8) is 0 Å². The maximum Gasteiger partial charge on any atom is 0.222 e. The lowest BCUT2D eigenvalue weighted by Crippen LogP contribution is -2.61. The molecule has 1 fully saturated rings. The van der Waals surface area contributed by atoms with E-state index < -0.39 is 5.60 Å². The maximum absolute atomic E-state index is 10.9. The highest BCUT2D eigenvalue weighted by Gasteiger charge is 2.38. The van der Waals surface area contributed by atoms with Gasteiger partial charge in [0.15, 0.2) is 0 Å². The van der Waals surface area contributed by atoms with Crippen LogP contribution in [0.15, 0.2) is 0 Å². The molecule has 0 radical (unpaired) electrons. The third kappa shape index (κ3) is 1.29. The fraction of sp³-hybridized carbons (Fsp3) is 0.857. The van der Waals surface area contributed by atoms with Crippen molar-refractivity contribution < 1.29 is 9.90 Å². The summed E-state index contributed by atoms with van der Waals surface area (Å²) in [6, 6.07) is 0. The second kappa shape index (κ2) is 2.23. The Labute approximate surface area is 60.6 Å². The molecular weight excluding hydrogens is 130 g/mol. The average Bonchev–Trinajstić information content (AvgIpc) is 1.81. The summed E-state index contributed by atoms with van der Waals surface area (Å²) >= 11 is 0. The van der Waals surface area contributed by atoms with Crippen LogP contribution in [-0.4, -0.2) is 34.6 Å². The number of amides is 1. The Morgan fingerprint density at radius 2 is 2.20 bits per heavy atom. The van der Waals surface area contributed by atoms with Crippen LogP contribution in [0, 0.1) is 0 Å². The van der Waals surface area contributed by atoms with Crippen molar-refractivity contribution in [3.05, 3.63) is 0 Å². The first-order valence-electron chi connectivity index (χ1n) is 3.55. The van der Waals surface area contributed by atoms with Crippen LogP contribution in [0.3, 0.4) is 0 Å². The quantitative estimate of drug-likeness (QED) is 0.561. The molecule has 0 aromatic rings. The Morgan fingerprint density at radius 3 is 2.50 bits per heavy atom. The van der Waals surface area contributed by atoms with E-state index in [2.05, 4.69) is 0 Å². The highest BCUT2D eigenvalue weighted by molar-refractivity contribution is 5.77. The fourth-order valence-electron chi connectivity index (χ4n) is 1.18. The van der Waals surface area contributed by atoms with Crippen molar-refractivity contribution in [2.24, 2.45) is 0 Å². The van der Waals surface area contributed by atoms with Gasteiger partial charge in [-0.3, -0.25) is 4.79 Å². The van der Waals surface area contributed by atoms with Crippen LogP contribution in [0.4, 0.5) is 0 Å². The van der Waals surface area contributed by atoms with Crippen molar-refractivity contribution in [1.82, 2.24) is 4.90 Å². The molecule has 1 rings (SSSR count). The smallest absolute Gasteiger partial charge is 0.222 e. The number of likely N-dealkylation sites (tertiary alicyclic amines) is 1. The van der Waals surface area contributed by atoms with Gasteiger partial charge in [0.1, 0.15) is 0 Å². The predicted octanol–water partition coefficient (Wildman–Crippen LogP) is -0.0104. The summed E-state index contributed by atoms with van der Waals surface area (Å²) in [6.07, 6.45) is 0.538. The molecule has 1 aliphatic heterocycles. The van der Waals surface area contributed by atoms with Gasteiger partial charge in [0.05, 0.1) is 18.7 Å². The second-order valence-corrected chi connectivity index (χ2v) is 3.10. The van der Waals surface area contributed by atoms with E-state index in [1.54, 1.807) is 11.8 Å². The number of carbonyl (C=O) groups excluding carboxylic acids is 1. The summed E-state index contributed by atoms with van der Waals surface area (Å²) in [5.41, 5.74) is -0.620. The number of hydrogen-bond acceptors (Lipinski definition) is 2. The lowest BCUT2D eigenvalue weighted by Gasteiger charge is -2.44. The molecule has 0 aliphatic carbocycles. The van der Waals surface area contributed by atoms with Gasteiger partial charge >= 0.3 is 0 Å². The third-order valence-electron chi connectivity index (χ3n) is 1.72. The number of hydrogen-bond donors (Lipinski definition) is 1. The number of aliphatic hydroxyl groups is 1. The van der Waals surface area contributed by atoms with Gasteiger partial charge in [-0.15, -0.1) is 0 Å². The molecule has 1 saturated heterocycles. The molecule has 0 bridgehead atoms. The number of rotatable bonds is 1. The van der Waals surface area contributed by atoms with Gasteiger partial charge in [-0.25, -0.2) is 0 Å². The van der Waals surface area contributed by atoms with E-state index in [0.29, 0.717) is 19.5 Å². The number of β-amino-alcohol motifs (C(OH)–C–C–N with tert-alkyl or cyclic N) is 1. The molecule has 10 heavy (non-hydrogen) atoms. The zero-order valence-corrected chi connectivity index (χ0v) is 6.42. The molecule has 1 amide bonds. The SMILES string of the molecule is CCC(=O)N1CC(C)(O)C1. The van der Waals surface area contributed by atoms with Crippen LogP contribution in [0.5, 0.6) is 0 Å². The van der Waals surface area contributed by atoms with E-state index in [0.717, 1.165) is 0 Å². The van der Waals surface area contributed by atoms with Gasteiger partial charge in [-0.05, 0) is 6.92 Å². The molecule has 0 aromatic heterocycles. The number of nitrogens with zero attached hydrogens (tertiary/aromatic N) is 1. The monoisotopic (exact) mass is 143 g/mol. The van der Waals surface area contributed by atoms with E-state index in [1.807, 2.05) is 6.92 Å². The Balaban J connectivity index is 2.33. The molecule has 1 N–H and O–H groups in total. The summed E-state index contributed by atoms with van der Waals surface area (Å²) < 4.78 is 0. The molecular formula is C7H13NO2. The average molecular weight is 143 g/mol. The van der Waals surface area contributed by atoms with Crippen LogP contribution in [0.1, 0.15) is 20.3 Å². The van der Waals surface area contributed by atoms with E-state index >= 15 is 0 Å². The minimum atomic E-state index is -0.620. The van der Waals surface area contributed by atoms with E-state index in [4.69, 9.17) is 0 Å². The fourth-order valence-corrected chi connectivity index (χ4v) is 1.18. The summed E-state index contributed by atoms with van der Waals surface area (Å²) in [7, 11) is 0. The lowest BCUT2D eigenvalue weighted by atomic mass is 9.97. The summed E-state index contributed by atoms with van der Waals surface area (Å²) in [5.74, 6) is 0.131. The highest BCUT2D eigenvalue weighted by Crippen LogP contribution is 2.19. The molecule has 0 spiro atoms. The van der Waals surface area contributed by atoms with Gasteiger partial charge in [-0.1, -0.05) is 6.92 Å². The van der Waals surface area contributed by atoms with Crippen molar-refractivity contribution in [2.45, 2.75) is 25.9 Å². The molecule has 0 aromatic carbocycles. The zero-order valence-electron chi connectivity index (χ0n) is 6.42. The predicted molar refractivity (Wildman–Crippen MR) is 37.5 cm³/mol. The van der Waals surface area contributed by atoms with Crippen molar-refractivity contribution in [2.75, 3.05) is 13.1 Å². The van der Waals surface area contributed by atoms with Crippen LogP contribution in [0.2, 0.25) is 0 Å². The van der Waals surface area contributed by atoms with Crippen molar-refractivity contribution >= 4 is 5.91 Å². The molecule has 1 heterocycles. The molecule has 3 nitrogen and oxygen atoms in total.